The van der Waals surface area contributed by atoms with E-state index in [2.05, 4.69) is 5.32 Å². The number of hydrogen-bond donors (Lipinski definition) is 1. The van der Waals surface area contributed by atoms with E-state index in [0.717, 1.165) is 19.5 Å². The number of carbonyl (C=O) groups excluding carboxylic acids is 1. The smallest absolute Gasteiger partial charge is 0.138 e. The summed E-state index contributed by atoms with van der Waals surface area (Å²) in [6.07, 6.45) is 3.26. The zero-order valence-electron chi connectivity index (χ0n) is 7.92. The van der Waals surface area contributed by atoms with Crippen molar-refractivity contribution in [3.63, 3.8) is 0 Å². The van der Waals surface area contributed by atoms with E-state index in [1.165, 1.54) is 24.3 Å². The molecular formula is C10H17NOS. The van der Waals surface area contributed by atoms with Gasteiger partial charge in [-0.05, 0) is 30.3 Å². The van der Waals surface area contributed by atoms with Crippen LogP contribution in [-0.4, -0.2) is 30.4 Å². The van der Waals surface area contributed by atoms with E-state index < -0.39 is 0 Å². The highest BCUT2D eigenvalue weighted by atomic mass is 32.2. The summed E-state index contributed by atoms with van der Waals surface area (Å²) < 4.78 is 0. The molecule has 1 atom stereocenters. The first-order chi connectivity index (χ1) is 6.38. The Labute approximate surface area is 83.8 Å². The molecule has 1 unspecified atom stereocenters. The highest BCUT2D eigenvalue weighted by molar-refractivity contribution is 7.99. The van der Waals surface area contributed by atoms with Crippen molar-refractivity contribution in [3.8, 4) is 0 Å². The Morgan fingerprint density at radius 1 is 1.31 bits per heavy atom. The summed E-state index contributed by atoms with van der Waals surface area (Å²) in [7, 11) is 0. The summed E-state index contributed by atoms with van der Waals surface area (Å²) >= 11 is 2.03. The fourth-order valence-electron chi connectivity index (χ4n) is 2.32. The molecule has 2 aliphatic rings. The van der Waals surface area contributed by atoms with Gasteiger partial charge in [0, 0.05) is 25.4 Å². The van der Waals surface area contributed by atoms with Gasteiger partial charge in [-0.25, -0.2) is 0 Å². The Bertz CT molecular complexity index is 189. The molecule has 0 aliphatic carbocycles. The predicted molar refractivity (Wildman–Crippen MR) is 56.0 cm³/mol. The number of nitrogens with one attached hydrogen (secondary N) is 1. The van der Waals surface area contributed by atoms with E-state index in [-0.39, 0.29) is 0 Å². The van der Waals surface area contributed by atoms with E-state index in [1.807, 2.05) is 11.8 Å². The summed E-state index contributed by atoms with van der Waals surface area (Å²) in [4.78, 5) is 11.6. The molecule has 2 rings (SSSR count). The van der Waals surface area contributed by atoms with E-state index in [4.69, 9.17) is 0 Å². The monoisotopic (exact) mass is 199 g/mol. The lowest BCUT2D eigenvalue weighted by Crippen LogP contribution is -2.41. The van der Waals surface area contributed by atoms with Crippen molar-refractivity contribution in [2.75, 3.05) is 24.6 Å². The normalized spacial score (nSPS) is 32.0. The van der Waals surface area contributed by atoms with Crippen molar-refractivity contribution in [2.24, 2.45) is 11.8 Å². The van der Waals surface area contributed by atoms with Gasteiger partial charge in [0.2, 0.25) is 0 Å². The maximum atomic E-state index is 11.6. The van der Waals surface area contributed by atoms with Crippen molar-refractivity contribution in [1.29, 1.82) is 0 Å². The van der Waals surface area contributed by atoms with Gasteiger partial charge in [0.15, 0.2) is 0 Å². The van der Waals surface area contributed by atoms with Gasteiger partial charge in [-0.2, -0.15) is 11.8 Å². The van der Waals surface area contributed by atoms with Gasteiger partial charge in [-0.15, -0.1) is 0 Å². The van der Waals surface area contributed by atoms with E-state index in [1.54, 1.807) is 0 Å². The van der Waals surface area contributed by atoms with Gasteiger partial charge in [0.25, 0.3) is 0 Å². The third-order valence-corrected chi connectivity index (χ3v) is 4.21. The zero-order valence-corrected chi connectivity index (χ0v) is 8.74. The Kier molecular flexibility index (Phi) is 3.28. The largest absolute Gasteiger partial charge is 0.316 e. The minimum absolute atomic E-state index is 0.342. The van der Waals surface area contributed by atoms with Crippen LogP contribution in [-0.2, 0) is 4.79 Å². The number of carbonyl (C=O) groups is 1. The third-order valence-electron chi connectivity index (χ3n) is 3.16. The first-order valence-electron chi connectivity index (χ1n) is 5.19. The Hall–Kier alpha value is -0.0200. The van der Waals surface area contributed by atoms with Gasteiger partial charge in [0.05, 0.1) is 0 Å². The summed E-state index contributed by atoms with van der Waals surface area (Å²) in [5.41, 5.74) is 0. The minimum Gasteiger partial charge on any atom is -0.316 e. The van der Waals surface area contributed by atoms with Crippen molar-refractivity contribution in [1.82, 2.24) is 5.32 Å². The maximum Gasteiger partial charge on any atom is 0.138 e. The second kappa shape index (κ2) is 4.47. The lowest BCUT2D eigenvalue weighted by atomic mass is 9.82. The lowest BCUT2D eigenvalue weighted by molar-refractivity contribution is -0.125. The molecule has 0 bridgehead atoms. The van der Waals surface area contributed by atoms with Gasteiger partial charge in [0.1, 0.15) is 5.78 Å². The van der Waals surface area contributed by atoms with Crippen LogP contribution in [0.3, 0.4) is 0 Å². The highest BCUT2D eigenvalue weighted by Crippen LogP contribution is 2.30. The van der Waals surface area contributed by atoms with Crippen molar-refractivity contribution in [2.45, 2.75) is 19.3 Å². The van der Waals surface area contributed by atoms with Crippen LogP contribution in [0.15, 0.2) is 0 Å². The molecule has 3 heteroatoms. The molecule has 13 heavy (non-hydrogen) atoms. The first-order valence-corrected chi connectivity index (χ1v) is 6.34. The average molecular weight is 199 g/mol. The van der Waals surface area contributed by atoms with Crippen LogP contribution in [0.5, 0.6) is 0 Å². The molecule has 0 aromatic heterocycles. The van der Waals surface area contributed by atoms with Crippen LogP contribution >= 0.6 is 11.8 Å². The topological polar surface area (TPSA) is 29.1 Å². The standard InChI is InChI=1S/C10H17NOS/c12-10-1-4-11-7-9(10)8-2-5-13-6-3-8/h8-9,11H,1-7H2. The van der Waals surface area contributed by atoms with Crippen LogP contribution in [0.25, 0.3) is 0 Å². The minimum atomic E-state index is 0.342. The SMILES string of the molecule is O=C1CCNCC1C1CCSCC1. The molecule has 0 aromatic carbocycles. The van der Waals surface area contributed by atoms with Gasteiger partial charge in [-0.1, -0.05) is 0 Å². The molecular weight excluding hydrogens is 182 g/mol. The van der Waals surface area contributed by atoms with Gasteiger partial charge >= 0.3 is 0 Å². The number of hydrogen-bond acceptors (Lipinski definition) is 3. The van der Waals surface area contributed by atoms with Crippen molar-refractivity contribution >= 4 is 17.5 Å². The zero-order chi connectivity index (χ0) is 9.10. The first kappa shape index (κ1) is 9.53. The summed E-state index contributed by atoms with van der Waals surface area (Å²) in [6, 6.07) is 0. The molecule has 2 heterocycles. The Morgan fingerprint density at radius 2 is 2.08 bits per heavy atom. The number of rotatable bonds is 1. The number of Topliss-reactive ketones (excluding diaryl/α,β-unsaturated/α-hetero) is 1. The second-order valence-corrected chi connectivity index (χ2v) is 5.20. The molecule has 0 saturated carbocycles. The summed E-state index contributed by atoms with van der Waals surface area (Å²) in [6.45, 7) is 1.84. The molecule has 0 radical (unpaired) electrons. The fourth-order valence-corrected chi connectivity index (χ4v) is 3.46. The molecule has 0 amide bonds. The molecule has 2 aliphatic heterocycles. The summed E-state index contributed by atoms with van der Waals surface area (Å²) in [5.74, 6) is 4.05. The van der Waals surface area contributed by atoms with Crippen LogP contribution in [0.4, 0.5) is 0 Å². The molecule has 0 aromatic rings. The molecule has 1 N–H and O–H groups in total. The average Bonchev–Trinajstić information content (AvgIpc) is 2.20. The third kappa shape index (κ3) is 2.26. The van der Waals surface area contributed by atoms with E-state index in [9.17, 15) is 4.79 Å². The van der Waals surface area contributed by atoms with E-state index >= 15 is 0 Å². The lowest BCUT2D eigenvalue weighted by Gasteiger charge is -2.31. The van der Waals surface area contributed by atoms with Crippen molar-refractivity contribution in [3.05, 3.63) is 0 Å². The quantitative estimate of drug-likeness (QED) is 0.690. The van der Waals surface area contributed by atoms with Crippen LogP contribution in [0, 0.1) is 11.8 Å². The van der Waals surface area contributed by atoms with Gasteiger partial charge in [-0.3, -0.25) is 4.79 Å². The molecule has 2 fully saturated rings. The Balaban J connectivity index is 1.92. The van der Waals surface area contributed by atoms with E-state index in [0.29, 0.717) is 17.6 Å². The predicted octanol–water partition coefficient (Wildman–Crippen LogP) is 1.31. The van der Waals surface area contributed by atoms with Crippen LogP contribution in [0.2, 0.25) is 0 Å². The Morgan fingerprint density at radius 3 is 2.77 bits per heavy atom. The second-order valence-electron chi connectivity index (χ2n) is 3.98. The van der Waals surface area contributed by atoms with Crippen LogP contribution in [0.1, 0.15) is 19.3 Å². The number of thioether (sulfide) groups is 1. The molecule has 2 saturated heterocycles. The molecule has 74 valence electrons. The number of ketones is 1. The van der Waals surface area contributed by atoms with Gasteiger partial charge < -0.3 is 5.32 Å². The molecule has 0 spiro atoms. The highest BCUT2D eigenvalue weighted by Gasteiger charge is 2.30. The number of piperidine rings is 1. The molecule has 2 nitrogen and oxygen atoms in total. The fraction of sp³-hybridized carbons (Fsp3) is 0.900. The summed E-state index contributed by atoms with van der Waals surface area (Å²) in [5, 5.41) is 3.33. The van der Waals surface area contributed by atoms with Crippen LogP contribution < -0.4 is 5.32 Å². The maximum absolute atomic E-state index is 11.6. The van der Waals surface area contributed by atoms with Crippen molar-refractivity contribution < 1.29 is 4.79 Å².